The second-order valence-corrected chi connectivity index (χ2v) is 11.4. The first-order chi connectivity index (χ1) is 20.5. The number of carbonyl (C=O) groups is 2. The number of halogens is 1. The quantitative estimate of drug-likeness (QED) is 0.311. The number of likely N-dealkylation sites (N-methyl/N-ethyl adjacent to an activating group) is 1. The topological polar surface area (TPSA) is 80.8 Å². The van der Waals surface area contributed by atoms with Gasteiger partial charge < -0.3 is 20.4 Å². The molecule has 4 aromatic rings. The Balaban J connectivity index is 1.12. The summed E-state index contributed by atoms with van der Waals surface area (Å²) in [7, 11) is 0. The third-order valence-corrected chi connectivity index (χ3v) is 8.50. The van der Waals surface area contributed by atoms with Crippen LogP contribution in [0.5, 0.6) is 0 Å². The number of benzene rings is 3. The predicted molar refractivity (Wildman–Crippen MR) is 169 cm³/mol. The van der Waals surface area contributed by atoms with Gasteiger partial charge in [0.05, 0.1) is 24.3 Å². The Bertz CT molecular complexity index is 1580. The largest absolute Gasteiger partial charge is 0.369 e. The van der Waals surface area contributed by atoms with Crippen LogP contribution in [-0.2, 0) is 16.1 Å². The Labute approximate surface area is 251 Å². The maximum atomic E-state index is 13.7. The zero-order valence-corrected chi connectivity index (χ0v) is 24.5. The molecule has 1 atom stereocenters. The minimum absolute atomic E-state index is 0.117. The fourth-order valence-electron chi connectivity index (χ4n) is 5.96. The van der Waals surface area contributed by atoms with E-state index in [1.165, 1.54) is 5.69 Å². The van der Waals surface area contributed by atoms with Crippen LogP contribution in [0.3, 0.4) is 0 Å². The molecule has 0 saturated carbocycles. The van der Waals surface area contributed by atoms with E-state index in [9.17, 15) is 9.59 Å². The fraction of sp³-hybridized carbons (Fsp3) is 0.303. The van der Waals surface area contributed by atoms with Gasteiger partial charge in [-0.1, -0.05) is 48.9 Å². The van der Waals surface area contributed by atoms with Crippen molar-refractivity contribution in [2.75, 3.05) is 61.3 Å². The molecule has 216 valence electrons. The molecule has 2 amide bonds. The molecule has 0 radical (unpaired) electrons. The highest BCUT2D eigenvalue weighted by Crippen LogP contribution is 2.32. The van der Waals surface area contributed by atoms with E-state index in [0.717, 1.165) is 60.3 Å². The number of carbonyl (C=O) groups excluding carboxylic acids is 2. The van der Waals surface area contributed by atoms with Gasteiger partial charge in [0.2, 0.25) is 11.8 Å². The van der Waals surface area contributed by atoms with E-state index < -0.39 is 5.92 Å². The summed E-state index contributed by atoms with van der Waals surface area (Å²) < 4.78 is 0. The number of anilines is 3. The lowest BCUT2D eigenvalue weighted by atomic mass is 9.89. The van der Waals surface area contributed by atoms with Crippen molar-refractivity contribution in [2.24, 2.45) is 0 Å². The molecule has 1 saturated heterocycles. The minimum Gasteiger partial charge on any atom is -0.369 e. The number of fused-ring (bicyclic) bond motifs is 2. The molecule has 1 aromatic heterocycles. The summed E-state index contributed by atoms with van der Waals surface area (Å²) in [5.74, 6) is -0.766. The van der Waals surface area contributed by atoms with Gasteiger partial charge in [0.1, 0.15) is 0 Å². The van der Waals surface area contributed by atoms with Gasteiger partial charge in [-0.25, -0.2) is 0 Å². The number of rotatable bonds is 7. The number of amides is 2. The first-order valence-corrected chi connectivity index (χ1v) is 14.9. The average Bonchev–Trinajstić information content (AvgIpc) is 3.01. The normalized spacial score (nSPS) is 17.6. The number of hydrogen-bond acceptors (Lipinski definition) is 6. The zero-order valence-electron chi connectivity index (χ0n) is 23.7. The van der Waals surface area contributed by atoms with Crippen LogP contribution in [0.15, 0.2) is 79.1 Å². The molecule has 2 aliphatic heterocycles. The number of hydrogen-bond donors (Lipinski definition) is 2. The van der Waals surface area contributed by atoms with E-state index in [1.807, 2.05) is 59.5 Å². The summed E-state index contributed by atoms with van der Waals surface area (Å²) in [4.78, 5) is 38.0. The van der Waals surface area contributed by atoms with Crippen LogP contribution in [0.2, 0.25) is 5.02 Å². The van der Waals surface area contributed by atoms with Gasteiger partial charge in [-0.15, -0.1) is 0 Å². The summed E-state index contributed by atoms with van der Waals surface area (Å²) in [5.41, 5.74) is 4.47. The van der Waals surface area contributed by atoms with Crippen molar-refractivity contribution >= 4 is 51.2 Å². The van der Waals surface area contributed by atoms with Crippen LogP contribution < -0.4 is 15.5 Å². The Morgan fingerprint density at radius 3 is 2.50 bits per heavy atom. The molecule has 3 heterocycles. The van der Waals surface area contributed by atoms with E-state index in [4.69, 9.17) is 11.6 Å². The van der Waals surface area contributed by atoms with Crippen molar-refractivity contribution in [3.63, 3.8) is 0 Å². The van der Waals surface area contributed by atoms with Crippen LogP contribution in [-0.4, -0.2) is 72.4 Å². The van der Waals surface area contributed by atoms with Crippen LogP contribution in [0.25, 0.3) is 10.8 Å². The lowest BCUT2D eigenvalue weighted by Gasteiger charge is -2.35. The van der Waals surface area contributed by atoms with Gasteiger partial charge >= 0.3 is 0 Å². The first kappa shape index (κ1) is 28.2. The van der Waals surface area contributed by atoms with Crippen molar-refractivity contribution in [1.29, 1.82) is 0 Å². The highest BCUT2D eigenvalue weighted by Gasteiger charge is 2.32. The van der Waals surface area contributed by atoms with Crippen LogP contribution >= 0.6 is 11.6 Å². The van der Waals surface area contributed by atoms with Gasteiger partial charge in [0.15, 0.2) is 0 Å². The van der Waals surface area contributed by atoms with Gasteiger partial charge in [0, 0.05) is 72.6 Å². The lowest BCUT2D eigenvalue weighted by Crippen LogP contribution is -2.46. The van der Waals surface area contributed by atoms with E-state index in [2.05, 4.69) is 44.5 Å². The summed E-state index contributed by atoms with van der Waals surface area (Å²) >= 11 is 6.35. The van der Waals surface area contributed by atoms with Gasteiger partial charge in [-0.2, -0.15) is 0 Å². The molecule has 8 nitrogen and oxygen atoms in total. The molecular formula is C33H35ClN6O2. The molecule has 0 bridgehead atoms. The highest BCUT2D eigenvalue weighted by atomic mass is 35.5. The third kappa shape index (κ3) is 6.26. The Hall–Kier alpha value is -3.98. The van der Waals surface area contributed by atoms with Crippen LogP contribution in [0.1, 0.15) is 24.0 Å². The molecule has 2 aliphatic rings. The number of pyridine rings is 1. The minimum atomic E-state index is -0.494. The zero-order chi connectivity index (χ0) is 29.1. The van der Waals surface area contributed by atoms with E-state index in [1.54, 1.807) is 12.4 Å². The standard InChI is InChI=1S/C33H35ClN6O2/c1-2-38-13-15-40(16-14-38)27-11-9-26(10-12-27)36-32(41)22-39-20-24-7-8-25(34)17-29(24)30(21-39)33(42)37-31-19-35-18-23-5-3-4-6-28(23)31/h3-12,17-19,30H,2,13-16,20-22H2,1H3,(H,36,41)(H,37,42)/t30-/m1/s1. The van der Waals surface area contributed by atoms with Gasteiger partial charge in [0.25, 0.3) is 0 Å². The molecule has 6 rings (SSSR count). The van der Waals surface area contributed by atoms with Gasteiger partial charge in [-0.05, 0) is 54.1 Å². The predicted octanol–water partition coefficient (Wildman–Crippen LogP) is 5.21. The smallest absolute Gasteiger partial charge is 0.238 e. The monoisotopic (exact) mass is 582 g/mol. The molecule has 3 aromatic carbocycles. The first-order valence-electron chi connectivity index (χ1n) is 14.5. The Morgan fingerprint density at radius 1 is 0.929 bits per heavy atom. The van der Waals surface area contributed by atoms with Crippen LogP contribution in [0, 0.1) is 0 Å². The molecule has 0 spiro atoms. The number of piperazine rings is 1. The molecule has 42 heavy (non-hydrogen) atoms. The fourth-order valence-corrected chi connectivity index (χ4v) is 6.14. The summed E-state index contributed by atoms with van der Waals surface area (Å²) in [5, 5.41) is 8.58. The second-order valence-electron chi connectivity index (χ2n) is 11.0. The number of nitrogens with zero attached hydrogens (tertiary/aromatic N) is 4. The highest BCUT2D eigenvalue weighted by molar-refractivity contribution is 6.30. The van der Waals surface area contributed by atoms with Crippen molar-refractivity contribution in [3.05, 3.63) is 95.3 Å². The summed E-state index contributed by atoms with van der Waals surface area (Å²) in [6.07, 6.45) is 3.45. The number of aromatic nitrogens is 1. The maximum absolute atomic E-state index is 13.7. The SMILES string of the molecule is CCN1CCN(c2ccc(NC(=O)CN3Cc4ccc(Cl)cc4[C@H](C(=O)Nc4cncc5ccccc45)C3)cc2)CC1. The molecule has 1 fully saturated rings. The summed E-state index contributed by atoms with van der Waals surface area (Å²) in [6.45, 7) is 8.56. The lowest BCUT2D eigenvalue weighted by molar-refractivity contribution is -0.121. The molecule has 9 heteroatoms. The average molecular weight is 583 g/mol. The van der Waals surface area contributed by atoms with Crippen molar-refractivity contribution in [2.45, 2.75) is 19.4 Å². The van der Waals surface area contributed by atoms with E-state index >= 15 is 0 Å². The van der Waals surface area contributed by atoms with Crippen molar-refractivity contribution in [1.82, 2.24) is 14.8 Å². The Morgan fingerprint density at radius 2 is 1.71 bits per heavy atom. The molecule has 0 unspecified atom stereocenters. The van der Waals surface area contributed by atoms with Gasteiger partial charge in [-0.3, -0.25) is 19.5 Å². The molecular weight excluding hydrogens is 548 g/mol. The third-order valence-electron chi connectivity index (χ3n) is 8.26. The number of nitrogens with one attached hydrogen (secondary N) is 2. The summed E-state index contributed by atoms with van der Waals surface area (Å²) in [6, 6.07) is 21.5. The second kappa shape index (κ2) is 12.5. The van der Waals surface area contributed by atoms with Crippen LogP contribution in [0.4, 0.5) is 17.1 Å². The maximum Gasteiger partial charge on any atom is 0.238 e. The van der Waals surface area contributed by atoms with Crippen molar-refractivity contribution in [3.8, 4) is 0 Å². The Kier molecular flexibility index (Phi) is 8.37. The van der Waals surface area contributed by atoms with E-state index in [0.29, 0.717) is 23.8 Å². The van der Waals surface area contributed by atoms with Crippen molar-refractivity contribution < 1.29 is 9.59 Å². The van der Waals surface area contributed by atoms with E-state index in [-0.39, 0.29) is 18.4 Å². The molecule has 0 aliphatic carbocycles. The molecule has 2 N–H and O–H groups in total.